The van der Waals surface area contributed by atoms with E-state index in [1.807, 2.05) is 32.0 Å². The Morgan fingerprint density at radius 1 is 1.34 bits per heavy atom. The van der Waals surface area contributed by atoms with Gasteiger partial charge < -0.3 is 24.2 Å². The van der Waals surface area contributed by atoms with E-state index in [0.717, 1.165) is 57.1 Å². The second-order valence-electron chi connectivity index (χ2n) is 11.5. The highest BCUT2D eigenvalue weighted by molar-refractivity contribution is 6.36. The predicted octanol–water partition coefficient (Wildman–Crippen LogP) is 4.52. The van der Waals surface area contributed by atoms with Gasteiger partial charge in [-0.05, 0) is 63.2 Å². The maximum atomic E-state index is 12.6. The van der Waals surface area contributed by atoms with Crippen LogP contribution in [0.5, 0.6) is 11.8 Å². The number of nitrogens with zero attached hydrogens (tertiary/aromatic N) is 7. The second kappa shape index (κ2) is 12.3. The van der Waals surface area contributed by atoms with Crippen LogP contribution in [-0.4, -0.2) is 95.4 Å². The fourth-order valence-corrected chi connectivity index (χ4v) is 6.39. The summed E-state index contributed by atoms with van der Waals surface area (Å²) in [5, 5.41) is 19.3. The number of aromatic nitrogens is 4. The topological polar surface area (TPSA) is 124 Å². The minimum atomic E-state index is -0.320. The van der Waals surface area contributed by atoms with E-state index in [0.29, 0.717) is 55.7 Å². The molecule has 2 aliphatic rings. The van der Waals surface area contributed by atoms with E-state index in [2.05, 4.69) is 33.8 Å². The number of H-pyrrole nitrogens is 1. The van der Waals surface area contributed by atoms with Crippen molar-refractivity contribution in [1.82, 2.24) is 30.0 Å². The summed E-state index contributed by atoms with van der Waals surface area (Å²) in [5.74, 6) is 1.21. The zero-order valence-electron chi connectivity index (χ0n) is 25.2. The number of fused-ring (bicyclic) bond motifs is 4. The Kier molecular flexibility index (Phi) is 8.29. The van der Waals surface area contributed by atoms with Crippen LogP contribution in [0.3, 0.4) is 0 Å². The summed E-state index contributed by atoms with van der Waals surface area (Å²) in [4.78, 5) is 28.3. The minimum absolute atomic E-state index is 0.184. The van der Waals surface area contributed by atoms with E-state index >= 15 is 0 Å². The molecule has 0 spiro atoms. The van der Waals surface area contributed by atoms with E-state index < -0.39 is 0 Å². The van der Waals surface area contributed by atoms with E-state index in [1.165, 1.54) is 6.08 Å². The normalized spacial score (nSPS) is 16.6. The highest BCUT2D eigenvalue weighted by Gasteiger charge is 2.33. The number of nitrogens with one attached hydrogen (secondary N) is 1. The molecule has 6 rings (SSSR count). The number of rotatable bonds is 8. The number of piperazine rings is 1. The first-order valence-corrected chi connectivity index (χ1v) is 15.1. The molecule has 1 amide bonds. The van der Waals surface area contributed by atoms with Crippen molar-refractivity contribution in [2.45, 2.75) is 32.2 Å². The lowest BCUT2D eigenvalue weighted by Gasteiger charge is -2.41. The number of ether oxygens (including phenoxy) is 2. The van der Waals surface area contributed by atoms with E-state index in [4.69, 9.17) is 31.0 Å². The number of aryl methyl sites for hydroxylation is 1. The summed E-state index contributed by atoms with van der Waals surface area (Å²) in [7, 11) is 3.96. The number of likely N-dealkylation sites (N-methyl/N-ethyl adjacent to an activating group) is 1. The van der Waals surface area contributed by atoms with Crippen LogP contribution < -0.4 is 14.4 Å². The summed E-state index contributed by atoms with van der Waals surface area (Å²) in [6, 6.07) is 6.24. The fourth-order valence-electron chi connectivity index (χ4n) is 6.13. The maximum Gasteiger partial charge on any atom is 0.318 e. The van der Waals surface area contributed by atoms with Gasteiger partial charge in [-0.1, -0.05) is 18.2 Å². The quantitative estimate of drug-likeness (QED) is 0.285. The van der Waals surface area contributed by atoms with Crippen molar-refractivity contribution in [2.24, 2.45) is 0 Å². The summed E-state index contributed by atoms with van der Waals surface area (Å²) < 4.78 is 12.5. The third-order valence-corrected chi connectivity index (χ3v) is 8.78. The van der Waals surface area contributed by atoms with Gasteiger partial charge in [-0.2, -0.15) is 20.3 Å². The first kappa shape index (κ1) is 29.7. The Morgan fingerprint density at radius 2 is 2.18 bits per heavy atom. The van der Waals surface area contributed by atoms with Gasteiger partial charge >= 0.3 is 6.01 Å². The van der Waals surface area contributed by atoms with E-state index in [9.17, 15) is 10.1 Å². The fraction of sp³-hybridized carbons (Fsp3) is 0.406. The number of aromatic amines is 1. The first-order chi connectivity index (χ1) is 21.3. The number of hydrogen-bond acceptors (Lipinski definition) is 9. The molecule has 44 heavy (non-hydrogen) atoms. The van der Waals surface area contributed by atoms with Gasteiger partial charge in [0.1, 0.15) is 18.2 Å². The molecule has 0 radical (unpaired) electrons. The SMILES string of the molecule is C=CC(=O)N1CCN(c2nc(OCCN(C)C)nc3cc(-c4c(Cl)c(C)cc5[nH]ncc45)c4c(c23)OCCC4)C[C@@H]1CC#N. The average Bonchev–Trinajstić information content (AvgIpc) is 3.48. The zero-order valence-corrected chi connectivity index (χ0v) is 25.9. The lowest BCUT2D eigenvalue weighted by Crippen LogP contribution is -2.55. The molecule has 2 aromatic heterocycles. The molecule has 2 aliphatic heterocycles. The highest BCUT2D eigenvalue weighted by atomic mass is 35.5. The van der Waals surface area contributed by atoms with Crippen LogP contribution in [-0.2, 0) is 11.2 Å². The van der Waals surface area contributed by atoms with E-state index in [-0.39, 0.29) is 24.4 Å². The Labute approximate surface area is 261 Å². The van der Waals surface area contributed by atoms with Crippen molar-refractivity contribution in [3.05, 3.63) is 47.1 Å². The Morgan fingerprint density at radius 3 is 2.95 bits per heavy atom. The molecule has 2 aromatic carbocycles. The molecule has 4 aromatic rings. The largest absolute Gasteiger partial charge is 0.492 e. The van der Waals surface area contributed by atoms with Gasteiger partial charge in [0.05, 0.1) is 52.8 Å². The van der Waals surface area contributed by atoms with Crippen LogP contribution in [0, 0.1) is 18.3 Å². The molecule has 0 aliphatic carbocycles. The average molecular weight is 615 g/mol. The molecule has 228 valence electrons. The summed E-state index contributed by atoms with van der Waals surface area (Å²) in [6.07, 6.45) is 4.95. The predicted molar refractivity (Wildman–Crippen MR) is 170 cm³/mol. The monoisotopic (exact) mass is 614 g/mol. The summed E-state index contributed by atoms with van der Waals surface area (Å²) in [5.41, 5.74) is 5.38. The van der Waals surface area contributed by atoms with Crippen molar-refractivity contribution in [3.8, 4) is 29.0 Å². The number of nitriles is 1. The number of benzene rings is 2. The Balaban J connectivity index is 1.56. The summed E-state index contributed by atoms with van der Waals surface area (Å²) in [6.45, 7) is 8.67. The molecule has 1 fully saturated rings. The molecule has 1 atom stereocenters. The molecule has 1 N–H and O–H groups in total. The van der Waals surface area contributed by atoms with Gasteiger partial charge in [0.2, 0.25) is 5.91 Å². The van der Waals surface area contributed by atoms with Crippen molar-refractivity contribution >= 4 is 45.1 Å². The van der Waals surface area contributed by atoms with Crippen molar-refractivity contribution in [3.63, 3.8) is 0 Å². The number of anilines is 1. The molecule has 0 unspecified atom stereocenters. The van der Waals surface area contributed by atoms with Gasteiger partial charge in [-0.3, -0.25) is 9.89 Å². The van der Waals surface area contributed by atoms with Gasteiger partial charge in [0.25, 0.3) is 0 Å². The molecule has 1 saturated heterocycles. The molecular weight excluding hydrogens is 580 g/mol. The maximum absolute atomic E-state index is 12.6. The van der Waals surface area contributed by atoms with Crippen LogP contribution in [0.15, 0.2) is 31.0 Å². The second-order valence-corrected chi connectivity index (χ2v) is 11.8. The lowest BCUT2D eigenvalue weighted by atomic mass is 9.90. The number of hydrogen-bond donors (Lipinski definition) is 1. The van der Waals surface area contributed by atoms with Gasteiger partial charge in [-0.15, -0.1) is 0 Å². The van der Waals surface area contributed by atoms with Gasteiger partial charge in [0.15, 0.2) is 0 Å². The van der Waals surface area contributed by atoms with Crippen molar-refractivity contribution in [1.29, 1.82) is 5.26 Å². The van der Waals surface area contributed by atoms with Crippen LogP contribution in [0.4, 0.5) is 5.82 Å². The Hall–Kier alpha value is -4.40. The number of amides is 1. The highest BCUT2D eigenvalue weighted by Crippen LogP contribution is 2.47. The first-order valence-electron chi connectivity index (χ1n) is 14.8. The summed E-state index contributed by atoms with van der Waals surface area (Å²) >= 11 is 7.02. The number of carbonyl (C=O) groups is 1. The third-order valence-electron chi connectivity index (χ3n) is 8.29. The third kappa shape index (κ3) is 5.40. The minimum Gasteiger partial charge on any atom is -0.492 e. The van der Waals surface area contributed by atoms with Crippen LogP contribution in [0.1, 0.15) is 24.0 Å². The zero-order chi connectivity index (χ0) is 31.0. The molecule has 12 heteroatoms. The van der Waals surface area contributed by atoms with Crippen molar-refractivity contribution in [2.75, 3.05) is 58.4 Å². The molecular formula is C32H35ClN8O3. The lowest BCUT2D eigenvalue weighted by molar-refractivity contribution is -0.128. The van der Waals surface area contributed by atoms with E-state index in [1.54, 1.807) is 11.1 Å². The smallest absolute Gasteiger partial charge is 0.318 e. The van der Waals surface area contributed by atoms with Gasteiger partial charge in [-0.25, -0.2) is 0 Å². The number of halogens is 1. The standard InChI is InChI=1S/C32H35ClN8O3/c1-5-26(42)41-11-10-40(18-20(41)8-9-34)31-28-25(36-32(37-31)44-14-12-39(3)4)16-22(21-7-6-13-43-30(21)28)27-23-17-35-38-24(23)15-19(2)29(27)33/h5,15-17,20H,1,6-8,10-14,18H2,2-4H3,(H,35,38)/t20-/m0/s1. The molecule has 0 bridgehead atoms. The Bertz CT molecular complexity index is 1800. The molecule has 4 heterocycles. The molecule has 11 nitrogen and oxygen atoms in total. The van der Waals surface area contributed by atoms with Crippen LogP contribution >= 0.6 is 11.6 Å². The van der Waals surface area contributed by atoms with Crippen LogP contribution in [0.25, 0.3) is 32.9 Å². The van der Waals surface area contributed by atoms with Gasteiger partial charge in [0, 0.05) is 42.7 Å². The molecule has 0 saturated carbocycles. The number of carbonyl (C=O) groups excluding carboxylic acids is 1. The van der Waals surface area contributed by atoms with Crippen LogP contribution in [0.2, 0.25) is 5.02 Å². The van der Waals surface area contributed by atoms with Crippen molar-refractivity contribution < 1.29 is 14.3 Å².